The van der Waals surface area contributed by atoms with Gasteiger partial charge in [-0.1, -0.05) is 49.3 Å². The van der Waals surface area contributed by atoms with Crippen LogP contribution in [0.5, 0.6) is 0 Å². The minimum Gasteiger partial charge on any atom is -0.339 e. The van der Waals surface area contributed by atoms with Crippen molar-refractivity contribution < 1.29 is 26.1 Å². The van der Waals surface area contributed by atoms with Crippen molar-refractivity contribution in [1.82, 2.24) is 15.1 Å². The van der Waals surface area contributed by atoms with Gasteiger partial charge in [0, 0.05) is 23.9 Å². The highest BCUT2D eigenvalue weighted by Crippen LogP contribution is 2.69. The summed E-state index contributed by atoms with van der Waals surface area (Å²) in [7, 11) is -2.62. The summed E-state index contributed by atoms with van der Waals surface area (Å²) in [6.07, 6.45) is -2.39. The molecule has 0 saturated heterocycles. The van der Waals surface area contributed by atoms with Crippen molar-refractivity contribution in [3.63, 3.8) is 0 Å². The molecule has 1 aromatic carbocycles. The van der Waals surface area contributed by atoms with Gasteiger partial charge in [-0.3, -0.25) is 4.98 Å². The number of halogens is 3. The highest BCUT2D eigenvalue weighted by atomic mass is 32.2. The lowest BCUT2D eigenvalue weighted by Gasteiger charge is -2.05. The van der Waals surface area contributed by atoms with Gasteiger partial charge in [0.05, 0.1) is 11.5 Å². The summed E-state index contributed by atoms with van der Waals surface area (Å²) in [6.45, 7) is 4.23. The molecule has 160 valence electrons. The summed E-state index contributed by atoms with van der Waals surface area (Å²) < 4.78 is 61.6. The predicted octanol–water partition coefficient (Wildman–Crippen LogP) is 3.53. The summed E-state index contributed by atoms with van der Waals surface area (Å²) in [4.78, 5) is 8.00. The number of nitrogens with zero attached hydrogens (tertiary/aromatic N) is 3. The van der Waals surface area contributed by atoms with Crippen LogP contribution in [0.2, 0.25) is 0 Å². The van der Waals surface area contributed by atoms with E-state index in [0.29, 0.717) is 5.89 Å². The van der Waals surface area contributed by atoms with Crippen LogP contribution in [-0.2, 0) is 17.1 Å². The lowest BCUT2D eigenvalue weighted by molar-refractivity contribution is -0.137. The molecule has 30 heavy (non-hydrogen) atoms. The molecule has 1 fully saturated rings. The van der Waals surface area contributed by atoms with Crippen molar-refractivity contribution in [1.29, 1.82) is 0 Å². The van der Waals surface area contributed by atoms with Crippen LogP contribution < -0.4 is 5.14 Å². The van der Waals surface area contributed by atoms with Crippen LogP contribution in [0.15, 0.2) is 53.3 Å². The number of rotatable bonds is 3. The maximum absolute atomic E-state index is 12.9. The van der Waals surface area contributed by atoms with Crippen LogP contribution >= 0.6 is 0 Å². The van der Waals surface area contributed by atoms with Gasteiger partial charge in [0.1, 0.15) is 0 Å². The first kappa shape index (κ1) is 21.9. The van der Waals surface area contributed by atoms with Gasteiger partial charge in [-0.2, -0.15) is 18.2 Å². The zero-order chi connectivity index (χ0) is 22.1. The molecule has 0 unspecified atom stereocenters. The third kappa shape index (κ3) is 4.68. The Bertz CT molecular complexity index is 1090. The summed E-state index contributed by atoms with van der Waals surface area (Å²) in [6, 6.07) is 11.0. The standard InChI is InChI=1S/C19H16F3N3O.H3NO2S/c1-18(2)14(11-6-4-3-5-7-11)15(18)17-24-16(25-26-17)12-8-13(10-23-9-12)19(20,21)22;1-4(2)3/h3-10,14-15H,1-2H3;4H,(H2,1,2,3)/t14-,15+;/m0./s1. The fraction of sp³-hybridized carbons (Fsp3) is 0.316. The number of benzene rings is 1. The van der Waals surface area contributed by atoms with Gasteiger partial charge in [-0.15, -0.1) is 0 Å². The van der Waals surface area contributed by atoms with E-state index >= 15 is 0 Å². The van der Waals surface area contributed by atoms with E-state index in [4.69, 9.17) is 12.9 Å². The number of aromatic nitrogens is 3. The highest BCUT2D eigenvalue weighted by molar-refractivity contribution is 7.69. The molecule has 1 aliphatic carbocycles. The maximum atomic E-state index is 12.9. The third-order valence-corrected chi connectivity index (χ3v) is 5.02. The number of pyridine rings is 1. The summed E-state index contributed by atoms with van der Waals surface area (Å²) in [5, 5.41) is 7.94. The van der Waals surface area contributed by atoms with Crippen LogP contribution in [0.4, 0.5) is 13.2 Å². The molecule has 2 aromatic heterocycles. The first-order valence-electron chi connectivity index (χ1n) is 8.82. The van der Waals surface area contributed by atoms with Gasteiger partial charge in [0.25, 0.3) is 0 Å². The molecule has 2 N–H and O–H groups in total. The molecule has 1 aliphatic rings. The van der Waals surface area contributed by atoms with Gasteiger partial charge in [0.15, 0.2) is 10.9 Å². The van der Waals surface area contributed by atoms with Crippen molar-refractivity contribution in [2.45, 2.75) is 31.9 Å². The minimum absolute atomic E-state index is 0.0323. The quantitative estimate of drug-likeness (QED) is 0.603. The fourth-order valence-corrected chi connectivity index (χ4v) is 3.58. The Hall–Kier alpha value is -2.79. The van der Waals surface area contributed by atoms with Crippen molar-refractivity contribution in [2.24, 2.45) is 10.6 Å². The molecule has 0 aliphatic heterocycles. The Balaban J connectivity index is 0.000000589. The zero-order valence-corrected chi connectivity index (χ0v) is 16.9. The van der Waals surface area contributed by atoms with Crippen molar-refractivity contribution in [2.75, 3.05) is 0 Å². The second-order valence-corrected chi connectivity index (χ2v) is 7.96. The molecule has 0 amide bonds. The van der Waals surface area contributed by atoms with Gasteiger partial charge >= 0.3 is 6.18 Å². The molecule has 0 spiro atoms. The van der Waals surface area contributed by atoms with E-state index in [9.17, 15) is 13.2 Å². The Morgan fingerprint density at radius 3 is 2.33 bits per heavy atom. The minimum atomic E-state index is -4.47. The Kier molecular flexibility index (Phi) is 5.95. The molecule has 3 aromatic rings. The molecular weight excluding hydrogens is 421 g/mol. The van der Waals surface area contributed by atoms with Crippen LogP contribution in [0, 0.1) is 5.41 Å². The average Bonchev–Trinajstić information content (AvgIpc) is 3.01. The van der Waals surface area contributed by atoms with Gasteiger partial charge in [-0.05, 0) is 17.0 Å². The lowest BCUT2D eigenvalue weighted by atomic mass is 10.0. The predicted molar refractivity (Wildman–Crippen MR) is 103 cm³/mol. The molecule has 0 radical (unpaired) electrons. The van der Waals surface area contributed by atoms with Crippen molar-refractivity contribution >= 4 is 10.9 Å². The number of nitrogens with two attached hydrogens (primary N) is 1. The second-order valence-electron chi connectivity index (χ2n) is 7.39. The monoisotopic (exact) mass is 440 g/mol. The van der Waals surface area contributed by atoms with E-state index in [1.807, 2.05) is 18.2 Å². The lowest BCUT2D eigenvalue weighted by Crippen LogP contribution is -2.05. The zero-order valence-electron chi connectivity index (χ0n) is 16.0. The van der Waals surface area contributed by atoms with Crippen molar-refractivity contribution in [3.8, 4) is 11.4 Å². The van der Waals surface area contributed by atoms with Gasteiger partial charge in [0.2, 0.25) is 11.7 Å². The summed E-state index contributed by atoms with van der Waals surface area (Å²) >= 11 is 0. The summed E-state index contributed by atoms with van der Waals surface area (Å²) in [5.41, 5.74) is 0.472. The third-order valence-electron chi connectivity index (χ3n) is 5.02. The molecule has 11 heteroatoms. The smallest absolute Gasteiger partial charge is 0.339 e. The SMILES string of the molecule is CC1(C)[C@@H](c2ccccc2)[C@@H]1c1nc(-c2cncc(C(F)(F)F)c2)no1.N[SH](=O)=O. The second kappa shape index (κ2) is 8.15. The van der Waals surface area contributed by atoms with E-state index in [-0.39, 0.29) is 28.6 Å². The van der Waals surface area contributed by atoms with E-state index in [2.05, 4.69) is 46.2 Å². The fourth-order valence-electron chi connectivity index (χ4n) is 3.58. The highest BCUT2D eigenvalue weighted by Gasteiger charge is 2.61. The molecular formula is C19H19F3N4O3S. The van der Waals surface area contributed by atoms with E-state index in [1.54, 1.807) is 0 Å². The van der Waals surface area contributed by atoms with E-state index in [1.165, 1.54) is 11.8 Å². The first-order chi connectivity index (χ1) is 14.0. The maximum Gasteiger partial charge on any atom is 0.417 e. The van der Waals surface area contributed by atoms with Gasteiger partial charge < -0.3 is 4.52 Å². The average molecular weight is 440 g/mol. The molecule has 0 bridgehead atoms. The Morgan fingerprint density at radius 2 is 1.73 bits per heavy atom. The number of hydrogen-bond donors (Lipinski definition) is 2. The normalized spacial score (nSPS) is 19.8. The van der Waals surface area contributed by atoms with Gasteiger partial charge in [-0.25, -0.2) is 13.6 Å². The van der Waals surface area contributed by atoms with Crippen LogP contribution in [-0.4, -0.2) is 23.5 Å². The molecule has 4 rings (SSSR count). The Labute approximate surface area is 172 Å². The van der Waals surface area contributed by atoms with Crippen LogP contribution in [0.25, 0.3) is 11.4 Å². The number of thiol groups is 1. The Morgan fingerprint density at radius 1 is 1.10 bits per heavy atom. The molecule has 2 heterocycles. The van der Waals surface area contributed by atoms with E-state index < -0.39 is 22.6 Å². The largest absolute Gasteiger partial charge is 0.417 e. The molecule has 7 nitrogen and oxygen atoms in total. The van der Waals surface area contributed by atoms with Crippen molar-refractivity contribution in [3.05, 3.63) is 65.8 Å². The van der Waals surface area contributed by atoms with Crippen LogP contribution in [0.1, 0.15) is 42.7 Å². The summed E-state index contributed by atoms with van der Waals surface area (Å²) in [5.74, 6) is 0.825. The topological polar surface area (TPSA) is 112 Å². The number of alkyl halides is 3. The number of hydrogen-bond acceptors (Lipinski definition) is 6. The van der Waals surface area contributed by atoms with Crippen LogP contribution in [0.3, 0.4) is 0 Å². The van der Waals surface area contributed by atoms with E-state index in [0.717, 1.165) is 12.3 Å². The molecule has 1 saturated carbocycles. The molecule has 2 atom stereocenters. The first-order valence-corrected chi connectivity index (χ1v) is 10.1.